The fraction of sp³-hybridized carbons (Fsp3) is 0.952. The molecular formula is C21H43N3O8. The zero-order valence-electron chi connectivity index (χ0n) is 19.4. The molecule has 0 amide bonds. The molecule has 11 heteroatoms. The van der Waals surface area contributed by atoms with Crippen molar-refractivity contribution in [2.75, 3.05) is 125 Å². The van der Waals surface area contributed by atoms with Gasteiger partial charge in [-0.05, 0) is 0 Å². The Labute approximate surface area is 192 Å². The van der Waals surface area contributed by atoms with E-state index < -0.39 is 5.97 Å². The maximum atomic E-state index is 10.3. The molecule has 11 nitrogen and oxygen atoms in total. The summed E-state index contributed by atoms with van der Waals surface area (Å²) >= 11 is 0. The van der Waals surface area contributed by atoms with Gasteiger partial charge in [-0.3, -0.25) is 14.6 Å². The first-order valence-corrected chi connectivity index (χ1v) is 11.6. The molecule has 3 N–H and O–H groups in total. The molecule has 1 heterocycles. The molecule has 0 aromatic carbocycles. The Bertz CT molecular complexity index is 426. The van der Waals surface area contributed by atoms with Gasteiger partial charge < -0.3 is 39.3 Å². The van der Waals surface area contributed by atoms with Gasteiger partial charge in [0.15, 0.2) is 0 Å². The molecule has 1 rings (SSSR count). The quantitative estimate of drug-likeness (QED) is 0.183. The van der Waals surface area contributed by atoms with E-state index >= 15 is 0 Å². The summed E-state index contributed by atoms with van der Waals surface area (Å²) in [4.78, 5) is 15.2. The van der Waals surface area contributed by atoms with Crippen molar-refractivity contribution in [1.82, 2.24) is 9.80 Å². The minimum atomic E-state index is -0.859. The van der Waals surface area contributed by atoms with Crippen LogP contribution in [0.4, 0.5) is 0 Å². The summed E-state index contributed by atoms with van der Waals surface area (Å²) < 4.78 is 32.4. The maximum absolute atomic E-state index is 10.3. The highest BCUT2D eigenvalue weighted by atomic mass is 16.6. The molecule has 1 fully saturated rings. The summed E-state index contributed by atoms with van der Waals surface area (Å²) in [6, 6.07) is 0. The van der Waals surface area contributed by atoms with Gasteiger partial charge in [0.25, 0.3) is 0 Å². The lowest BCUT2D eigenvalue weighted by Crippen LogP contribution is -2.48. The second-order valence-corrected chi connectivity index (χ2v) is 7.29. The lowest BCUT2D eigenvalue weighted by atomic mass is 10.3. The molecule has 1 aliphatic rings. The second kappa shape index (κ2) is 21.9. The Kier molecular flexibility index (Phi) is 20.0. The lowest BCUT2D eigenvalue weighted by molar-refractivity contribution is -0.138. The predicted molar refractivity (Wildman–Crippen MR) is 119 cm³/mol. The Hall–Kier alpha value is -0.890. The van der Waals surface area contributed by atoms with Crippen molar-refractivity contribution < 1.29 is 38.3 Å². The molecule has 0 aromatic heterocycles. The number of ether oxygens (including phenoxy) is 6. The van der Waals surface area contributed by atoms with Crippen LogP contribution in [-0.4, -0.2) is 146 Å². The van der Waals surface area contributed by atoms with Crippen LogP contribution in [0, 0.1) is 0 Å². The summed E-state index contributed by atoms with van der Waals surface area (Å²) in [6.07, 6.45) is 0.0157. The van der Waals surface area contributed by atoms with E-state index in [2.05, 4.69) is 9.80 Å². The second-order valence-electron chi connectivity index (χ2n) is 7.29. The summed E-state index contributed by atoms with van der Waals surface area (Å²) in [6.45, 7) is 13.1. The zero-order valence-corrected chi connectivity index (χ0v) is 19.4. The van der Waals surface area contributed by atoms with Crippen LogP contribution in [0.25, 0.3) is 0 Å². The van der Waals surface area contributed by atoms with Crippen molar-refractivity contribution in [3.8, 4) is 0 Å². The molecule has 0 atom stereocenters. The van der Waals surface area contributed by atoms with Crippen molar-refractivity contribution in [3.63, 3.8) is 0 Å². The number of carboxylic acids is 1. The summed E-state index contributed by atoms with van der Waals surface area (Å²) in [5, 5.41) is 8.47. The van der Waals surface area contributed by atoms with E-state index in [0.29, 0.717) is 72.6 Å². The Morgan fingerprint density at radius 2 is 0.938 bits per heavy atom. The van der Waals surface area contributed by atoms with Crippen LogP contribution in [-0.2, 0) is 33.2 Å². The molecule has 0 aromatic rings. The highest BCUT2D eigenvalue weighted by Gasteiger charge is 2.16. The molecular weight excluding hydrogens is 422 g/mol. The average Bonchev–Trinajstić information content (AvgIpc) is 2.79. The molecule has 0 spiro atoms. The van der Waals surface area contributed by atoms with Crippen LogP contribution in [0.3, 0.4) is 0 Å². The monoisotopic (exact) mass is 465 g/mol. The van der Waals surface area contributed by atoms with Crippen LogP contribution in [0.1, 0.15) is 6.42 Å². The first-order valence-electron chi connectivity index (χ1n) is 11.6. The highest BCUT2D eigenvalue weighted by molar-refractivity contribution is 5.66. The van der Waals surface area contributed by atoms with Crippen LogP contribution in [0.5, 0.6) is 0 Å². The number of rotatable bonds is 23. The number of aliphatic carboxylic acids is 1. The average molecular weight is 466 g/mol. The topological polar surface area (TPSA) is 125 Å². The number of carbonyl (C=O) groups is 1. The molecule has 0 radical (unpaired) electrons. The summed E-state index contributed by atoms with van der Waals surface area (Å²) in [7, 11) is 0. The van der Waals surface area contributed by atoms with Crippen molar-refractivity contribution >= 4 is 5.97 Å². The van der Waals surface area contributed by atoms with Gasteiger partial charge in [0, 0.05) is 45.8 Å². The largest absolute Gasteiger partial charge is 0.481 e. The zero-order chi connectivity index (χ0) is 23.1. The number of piperazine rings is 1. The van der Waals surface area contributed by atoms with Crippen molar-refractivity contribution in [2.24, 2.45) is 5.73 Å². The SMILES string of the molecule is NCCOCCOCCN1CCN(CCOCCOCCOCCOCCC(=O)O)CC1. The number of nitrogens with zero attached hydrogens (tertiary/aromatic N) is 2. The van der Waals surface area contributed by atoms with Crippen LogP contribution < -0.4 is 5.73 Å². The van der Waals surface area contributed by atoms with Gasteiger partial charge in [0.1, 0.15) is 0 Å². The van der Waals surface area contributed by atoms with Crippen LogP contribution in [0.15, 0.2) is 0 Å². The fourth-order valence-corrected chi connectivity index (χ4v) is 2.95. The Balaban J connectivity index is 1.77. The molecule has 0 saturated carbocycles. The summed E-state index contributed by atoms with van der Waals surface area (Å²) in [5.74, 6) is -0.859. The third-order valence-corrected chi connectivity index (χ3v) is 4.78. The van der Waals surface area contributed by atoms with Gasteiger partial charge in [-0.25, -0.2) is 0 Å². The van der Waals surface area contributed by atoms with E-state index in [0.717, 1.165) is 45.9 Å². The fourth-order valence-electron chi connectivity index (χ4n) is 2.95. The first-order chi connectivity index (χ1) is 15.7. The van der Waals surface area contributed by atoms with Crippen molar-refractivity contribution in [3.05, 3.63) is 0 Å². The first kappa shape index (κ1) is 29.1. The van der Waals surface area contributed by atoms with Gasteiger partial charge in [-0.2, -0.15) is 0 Å². The lowest BCUT2D eigenvalue weighted by Gasteiger charge is -2.34. The van der Waals surface area contributed by atoms with Gasteiger partial charge in [0.05, 0.1) is 85.7 Å². The van der Waals surface area contributed by atoms with Crippen LogP contribution in [0.2, 0.25) is 0 Å². The van der Waals surface area contributed by atoms with E-state index in [1.165, 1.54) is 0 Å². The van der Waals surface area contributed by atoms with Crippen LogP contribution >= 0.6 is 0 Å². The van der Waals surface area contributed by atoms with E-state index in [9.17, 15) is 4.79 Å². The predicted octanol–water partition coefficient (Wildman–Crippen LogP) is -0.863. The van der Waals surface area contributed by atoms with E-state index in [-0.39, 0.29) is 13.0 Å². The smallest absolute Gasteiger partial charge is 0.305 e. The minimum absolute atomic E-state index is 0.0157. The Morgan fingerprint density at radius 3 is 1.31 bits per heavy atom. The molecule has 0 unspecified atom stereocenters. The normalized spacial score (nSPS) is 15.4. The van der Waals surface area contributed by atoms with Gasteiger partial charge in [-0.15, -0.1) is 0 Å². The molecule has 1 aliphatic heterocycles. The molecule has 1 saturated heterocycles. The highest BCUT2D eigenvalue weighted by Crippen LogP contribution is 2.01. The van der Waals surface area contributed by atoms with Gasteiger partial charge >= 0.3 is 5.97 Å². The van der Waals surface area contributed by atoms with Crippen molar-refractivity contribution in [1.29, 1.82) is 0 Å². The van der Waals surface area contributed by atoms with Gasteiger partial charge in [-0.1, -0.05) is 0 Å². The van der Waals surface area contributed by atoms with E-state index in [4.69, 9.17) is 39.3 Å². The number of carboxylic acid groups (broad SMARTS) is 1. The maximum Gasteiger partial charge on any atom is 0.305 e. The number of hydrogen-bond acceptors (Lipinski definition) is 10. The third-order valence-electron chi connectivity index (χ3n) is 4.78. The number of nitrogens with two attached hydrogens (primary N) is 1. The molecule has 32 heavy (non-hydrogen) atoms. The van der Waals surface area contributed by atoms with E-state index in [1.807, 2.05) is 0 Å². The minimum Gasteiger partial charge on any atom is -0.481 e. The van der Waals surface area contributed by atoms with Gasteiger partial charge in [0.2, 0.25) is 0 Å². The standard InChI is InChI=1S/C21H43N3O8/c22-2-10-28-14-15-29-11-7-23-3-5-24(6-4-23)8-12-30-16-18-32-20-19-31-17-13-27-9-1-21(25)26/h1-20,22H2,(H,25,26). The Morgan fingerprint density at radius 1 is 0.594 bits per heavy atom. The third kappa shape index (κ3) is 18.7. The van der Waals surface area contributed by atoms with E-state index in [1.54, 1.807) is 0 Å². The molecule has 0 bridgehead atoms. The van der Waals surface area contributed by atoms with Crippen molar-refractivity contribution in [2.45, 2.75) is 6.42 Å². The molecule has 190 valence electrons. The summed E-state index contributed by atoms with van der Waals surface area (Å²) in [5.41, 5.74) is 5.36. The molecule has 0 aliphatic carbocycles. The number of hydrogen-bond donors (Lipinski definition) is 2.